The summed E-state index contributed by atoms with van der Waals surface area (Å²) in [6.07, 6.45) is 1.95. The van der Waals surface area contributed by atoms with Gasteiger partial charge in [-0.25, -0.2) is 15.0 Å². The van der Waals surface area contributed by atoms with E-state index in [0.717, 1.165) is 22.5 Å². The highest BCUT2D eigenvalue weighted by molar-refractivity contribution is 6.02. The van der Waals surface area contributed by atoms with Crippen LogP contribution in [0.15, 0.2) is 61.4 Å². The molecule has 0 saturated carbocycles. The fraction of sp³-hybridized carbons (Fsp3) is 0.231. The number of fused-ring (bicyclic) bond motifs is 1. The van der Waals surface area contributed by atoms with Gasteiger partial charge >= 0.3 is 0 Å². The Hall–Kier alpha value is -4.24. The highest BCUT2D eigenvalue weighted by Gasteiger charge is 2.38. The lowest BCUT2D eigenvalue weighted by atomic mass is 9.93. The van der Waals surface area contributed by atoms with Gasteiger partial charge in [-0.3, -0.25) is 4.79 Å². The summed E-state index contributed by atoms with van der Waals surface area (Å²) in [5.41, 5.74) is 10.4. The molecule has 0 aliphatic carbocycles. The van der Waals surface area contributed by atoms with Crippen molar-refractivity contribution < 1.29 is 14.6 Å². The number of ether oxygens (including phenoxy) is 1. The summed E-state index contributed by atoms with van der Waals surface area (Å²) in [6, 6.07) is 13.2. The number of carbonyl (C=O) groups is 1. The molecule has 0 unspecified atom stereocenters. The zero-order valence-corrected chi connectivity index (χ0v) is 19.5. The fourth-order valence-corrected chi connectivity index (χ4v) is 4.77. The number of aliphatic hydroxyl groups is 1. The molecule has 1 aromatic carbocycles. The van der Waals surface area contributed by atoms with Crippen molar-refractivity contribution >= 4 is 22.8 Å². The summed E-state index contributed by atoms with van der Waals surface area (Å²) in [5, 5.41) is 11.7. The number of nitrogens with two attached hydrogens (primary N) is 1. The van der Waals surface area contributed by atoms with Crippen molar-refractivity contribution in [2.45, 2.75) is 18.9 Å². The number of amides is 1. The Bertz CT molecular complexity index is 1430. The highest BCUT2D eigenvalue weighted by atomic mass is 16.5. The second kappa shape index (κ2) is 8.84. The Balaban J connectivity index is 1.59. The van der Waals surface area contributed by atoms with E-state index in [4.69, 9.17) is 10.5 Å². The second-order valence-electron chi connectivity index (χ2n) is 8.64. The SMILES string of the molecule is C=CC(=O)N1C[C@@H](O)[C@@H](c2c(-c3ccc(Oc4cccc(C)n4)cc3)c3c(N)ncnc3n2C)C1. The van der Waals surface area contributed by atoms with Crippen LogP contribution in [0.5, 0.6) is 11.6 Å². The molecule has 0 bridgehead atoms. The van der Waals surface area contributed by atoms with Crippen LogP contribution in [0.2, 0.25) is 0 Å². The molecular formula is C26H26N6O3. The molecule has 0 spiro atoms. The molecule has 1 aliphatic rings. The molecule has 1 saturated heterocycles. The van der Waals surface area contributed by atoms with Crippen LogP contribution in [0.1, 0.15) is 17.3 Å². The molecule has 4 heterocycles. The molecule has 9 nitrogen and oxygen atoms in total. The molecule has 0 radical (unpaired) electrons. The summed E-state index contributed by atoms with van der Waals surface area (Å²) in [5.74, 6) is 0.962. The maximum absolute atomic E-state index is 12.2. The maximum atomic E-state index is 12.2. The summed E-state index contributed by atoms with van der Waals surface area (Å²) in [7, 11) is 1.89. The highest BCUT2D eigenvalue weighted by Crippen LogP contribution is 2.42. The zero-order valence-electron chi connectivity index (χ0n) is 19.5. The van der Waals surface area contributed by atoms with Crippen molar-refractivity contribution in [1.82, 2.24) is 24.4 Å². The molecule has 1 amide bonds. The van der Waals surface area contributed by atoms with Gasteiger partial charge in [0, 0.05) is 49.1 Å². The van der Waals surface area contributed by atoms with E-state index in [-0.39, 0.29) is 18.4 Å². The standard InChI is InChI=1S/C26H26N6O3/c1-4-21(34)32-12-18(19(33)13-32)24-22(23-25(27)28-14-29-26(23)31(24)3)16-8-10-17(11-9-16)35-20-7-5-6-15(2)30-20/h4-11,14,18-19,33H,1,12-13H2,2-3H3,(H2,27,28,29)/t18-,19+/m0/s1. The first-order chi connectivity index (χ1) is 16.9. The first kappa shape index (κ1) is 22.5. The average Bonchev–Trinajstić information content (AvgIpc) is 3.37. The van der Waals surface area contributed by atoms with Crippen molar-refractivity contribution in [3.8, 4) is 22.8 Å². The number of anilines is 1. The molecule has 4 aromatic rings. The number of nitrogens with zero attached hydrogens (tertiary/aromatic N) is 5. The molecule has 35 heavy (non-hydrogen) atoms. The van der Waals surface area contributed by atoms with Crippen molar-refractivity contribution in [1.29, 1.82) is 0 Å². The third-order valence-electron chi connectivity index (χ3n) is 6.40. The molecule has 1 fully saturated rings. The van der Waals surface area contributed by atoms with E-state index in [1.54, 1.807) is 11.0 Å². The van der Waals surface area contributed by atoms with Gasteiger partial charge < -0.3 is 25.0 Å². The largest absolute Gasteiger partial charge is 0.439 e. The lowest BCUT2D eigenvalue weighted by molar-refractivity contribution is -0.125. The summed E-state index contributed by atoms with van der Waals surface area (Å²) in [4.78, 5) is 26.9. The molecule has 2 atom stereocenters. The number of hydrogen-bond donors (Lipinski definition) is 2. The van der Waals surface area contributed by atoms with Crippen LogP contribution in [0.3, 0.4) is 0 Å². The van der Waals surface area contributed by atoms with E-state index in [1.807, 2.05) is 54.9 Å². The second-order valence-corrected chi connectivity index (χ2v) is 8.64. The number of aliphatic hydroxyl groups excluding tert-OH is 1. The molecule has 3 aromatic heterocycles. The number of aromatic nitrogens is 4. The normalized spacial score (nSPS) is 17.6. The van der Waals surface area contributed by atoms with Crippen LogP contribution in [0.4, 0.5) is 5.82 Å². The van der Waals surface area contributed by atoms with Gasteiger partial charge in [0.05, 0.1) is 11.5 Å². The van der Waals surface area contributed by atoms with Crippen LogP contribution in [0.25, 0.3) is 22.2 Å². The van der Waals surface area contributed by atoms with Crippen LogP contribution in [-0.4, -0.2) is 54.6 Å². The number of nitrogen functional groups attached to an aromatic ring is 1. The first-order valence-corrected chi connectivity index (χ1v) is 11.3. The number of β-amino-alcohol motifs (C(OH)–C–C–N with tert-alkyl or cyclic N) is 1. The van der Waals surface area contributed by atoms with Crippen LogP contribution >= 0.6 is 0 Å². The van der Waals surface area contributed by atoms with Gasteiger partial charge in [-0.2, -0.15) is 0 Å². The number of benzene rings is 1. The summed E-state index contributed by atoms with van der Waals surface area (Å²) < 4.78 is 7.84. The monoisotopic (exact) mass is 470 g/mol. The topological polar surface area (TPSA) is 119 Å². The van der Waals surface area contributed by atoms with E-state index >= 15 is 0 Å². The Morgan fingerprint density at radius 1 is 1.20 bits per heavy atom. The van der Waals surface area contributed by atoms with E-state index in [2.05, 4.69) is 21.5 Å². The lowest BCUT2D eigenvalue weighted by Crippen LogP contribution is -2.27. The zero-order chi connectivity index (χ0) is 24.7. The Kier molecular flexibility index (Phi) is 5.70. The number of pyridine rings is 1. The van der Waals surface area contributed by atoms with Crippen LogP contribution in [-0.2, 0) is 11.8 Å². The van der Waals surface area contributed by atoms with Gasteiger partial charge in [-0.1, -0.05) is 24.8 Å². The predicted molar refractivity (Wildman–Crippen MR) is 133 cm³/mol. The Morgan fingerprint density at radius 3 is 2.69 bits per heavy atom. The number of rotatable bonds is 5. The molecule has 1 aliphatic heterocycles. The summed E-state index contributed by atoms with van der Waals surface area (Å²) in [6.45, 7) is 6.07. The van der Waals surface area contributed by atoms with E-state index < -0.39 is 6.10 Å². The minimum atomic E-state index is -0.746. The van der Waals surface area contributed by atoms with Gasteiger partial charge in [0.25, 0.3) is 0 Å². The van der Waals surface area contributed by atoms with Crippen LogP contribution in [0, 0.1) is 6.92 Å². The average molecular weight is 471 g/mol. The van der Waals surface area contributed by atoms with Gasteiger partial charge in [0.15, 0.2) is 0 Å². The smallest absolute Gasteiger partial charge is 0.246 e. The summed E-state index contributed by atoms with van der Waals surface area (Å²) >= 11 is 0. The van der Waals surface area contributed by atoms with Gasteiger partial charge in [-0.05, 0) is 36.8 Å². The number of likely N-dealkylation sites (tertiary alicyclic amines) is 1. The van der Waals surface area contributed by atoms with Gasteiger partial charge in [0.1, 0.15) is 23.5 Å². The lowest BCUT2D eigenvalue weighted by Gasteiger charge is -2.18. The minimum absolute atomic E-state index is 0.211. The van der Waals surface area contributed by atoms with E-state index in [9.17, 15) is 9.90 Å². The van der Waals surface area contributed by atoms with Crippen molar-refractivity contribution in [2.24, 2.45) is 7.05 Å². The van der Waals surface area contributed by atoms with E-state index in [0.29, 0.717) is 35.0 Å². The number of hydrogen-bond acceptors (Lipinski definition) is 7. The number of aryl methyl sites for hydroxylation is 2. The third-order valence-corrected chi connectivity index (χ3v) is 6.40. The quantitative estimate of drug-likeness (QED) is 0.430. The first-order valence-electron chi connectivity index (χ1n) is 11.3. The predicted octanol–water partition coefficient (Wildman–Crippen LogP) is 3.19. The van der Waals surface area contributed by atoms with Crippen LogP contribution < -0.4 is 10.5 Å². The van der Waals surface area contributed by atoms with E-state index in [1.165, 1.54) is 12.4 Å². The van der Waals surface area contributed by atoms with Crippen molar-refractivity contribution in [3.05, 3.63) is 72.8 Å². The fourth-order valence-electron chi connectivity index (χ4n) is 4.77. The third kappa shape index (κ3) is 4.00. The molecule has 5 rings (SSSR count). The molecular weight excluding hydrogens is 444 g/mol. The molecule has 9 heteroatoms. The maximum Gasteiger partial charge on any atom is 0.246 e. The molecule has 3 N–H and O–H groups in total. The Labute approximate surface area is 202 Å². The van der Waals surface area contributed by atoms with Gasteiger partial charge in [-0.15, -0.1) is 0 Å². The van der Waals surface area contributed by atoms with Crippen molar-refractivity contribution in [2.75, 3.05) is 18.8 Å². The minimum Gasteiger partial charge on any atom is -0.439 e. The molecule has 178 valence electrons. The Morgan fingerprint density at radius 2 is 1.97 bits per heavy atom. The van der Waals surface area contributed by atoms with Crippen molar-refractivity contribution in [3.63, 3.8) is 0 Å². The van der Waals surface area contributed by atoms with Gasteiger partial charge in [0.2, 0.25) is 11.8 Å². The number of carbonyl (C=O) groups excluding carboxylic acids is 1.